The van der Waals surface area contributed by atoms with Crippen LogP contribution in [0, 0.1) is 23.2 Å². The van der Waals surface area contributed by atoms with Gasteiger partial charge in [-0.1, -0.05) is 19.4 Å². The van der Waals surface area contributed by atoms with Crippen LogP contribution < -0.4 is 0 Å². The van der Waals surface area contributed by atoms with Crippen LogP contribution in [0.25, 0.3) is 0 Å². The molecule has 0 amide bonds. The van der Waals surface area contributed by atoms with Gasteiger partial charge in [-0.2, -0.15) is 48.3 Å². The van der Waals surface area contributed by atoms with Crippen molar-refractivity contribution < 1.29 is 62.9 Å². The Morgan fingerprint density at radius 3 is 2.16 bits per heavy atom. The van der Waals surface area contributed by atoms with E-state index in [-0.39, 0.29) is 60.6 Å². The fourth-order valence-corrected chi connectivity index (χ4v) is 8.79. The number of halogens is 12. The number of aliphatic hydroxyl groups is 1. The number of fused-ring (bicyclic) bond motifs is 5. The average Bonchev–Trinajstić information content (AvgIpc) is 3.29. The van der Waals surface area contributed by atoms with Crippen molar-refractivity contribution in [3.05, 3.63) is 29.3 Å². The number of aromatic hydroxyl groups is 1. The maximum Gasteiger partial charge on any atom is 0.460 e. The Kier molecular flexibility index (Phi) is 11.6. The summed E-state index contributed by atoms with van der Waals surface area (Å²) in [6.45, 7) is 2.76. The molecular formula is C34H45F12NO2. The van der Waals surface area contributed by atoms with Crippen molar-refractivity contribution in [2.45, 2.75) is 132 Å². The second-order valence-corrected chi connectivity index (χ2v) is 14.8. The normalized spacial score (nSPS) is 28.7. The molecule has 0 spiro atoms. The molecular weight excluding hydrogens is 682 g/mol. The van der Waals surface area contributed by atoms with Gasteiger partial charge in [0, 0.05) is 6.42 Å². The Bertz CT molecular complexity index is 1270. The summed E-state index contributed by atoms with van der Waals surface area (Å²) in [5.41, 5.74) is 2.00. The fraction of sp³-hybridized carbons (Fsp3) is 0.824. The molecule has 282 valence electrons. The van der Waals surface area contributed by atoms with Gasteiger partial charge < -0.3 is 15.1 Å². The number of alkyl halides is 12. The highest BCUT2D eigenvalue weighted by Crippen LogP contribution is 2.63. The lowest BCUT2D eigenvalue weighted by Crippen LogP contribution is -2.66. The van der Waals surface area contributed by atoms with Gasteiger partial charge in [0.05, 0.1) is 6.10 Å². The van der Waals surface area contributed by atoms with Crippen LogP contribution in [0.4, 0.5) is 52.7 Å². The molecule has 3 aliphatic rings. The van der Waals surface area contributed by atoms with Gasteiger partial charge in [0.25, 0.3) is 0 Å². The highest BCUT2D eigenvalue weighted by molar-refractivity contribution is 5.40. The van der Waals surface area contributed by atoms with Gasteiger partial charge in [0.2, 0.25) is 0 Å². The van der Waals surface area contributed by atoms with Crippen molar-refractivity contribution in [1.29, 1.82) is 0 Å². The largest absolute Gasteiger partial charge is 0.508 e. The van der Waals surface area contributed by atoms with Crippen LogP contribution in [-0.4, -0.2) is 77.4 Å². The molecule has 0 saturated heterocycles. The molecule has 1 aromatic rings. The summed E-state index contributed by atoms with van der Waals surface area (Å²) in [6.07, 6.45) is -6.71. The zero-order valence-electron chi connectivity index (χ0n) is 27.5. The number of benzene rings is 1. The predicted octanol–water partition coefficient (Wildman–Crippen LogP) is 9.94. The van der Waals surface area contributed by atoms with Crippen LogP contribution in [0.5, 0.6) is 5.75 Å². The lowest BCUT2D eigenvalue weighted by atomic mass is 9.52. The third-order valence-corrected chi connectivity index (χ3v) is 11.6. The number of phenols is 1. The number of aliphatic hydroxyl groups excluding tert-OH is 1. The number of nitrogens with zero attached hydrogens (tertiary/aromatic N) is 1. The van der Waals surface area contributed by atoms with Crippen LogP contribution in [0.1, 0.15) is 94.6 Å². The van der Waals surface area contributed by atoms with E-state index < -0.39 is 55.0 Å². The number of phenolic OH excluding ortho intramolecular Hbond substituents is 1. The molecule has 49 heavy (non-hydrogen) atoms. The van der Waals surface area contributed by atoms with Gasteiger partial charge >= 0.3 is 29.9 Å². The van der Waals surface area contributed by atoms with Gasteiger partial charge in [-0.3, -0.25) is 0 Å². The summed E-state index contributed by atoms with van der Waals surface area (Å²) >= 11 is 0. The highest BCUT2D eigenvalue weighted by atomic mass is 19.4. The molecule has 3 nitrogen and oxygen atoms in total. The van der Waals surface area contributed by atoms with Gasteiger partial charge in [0.1, 0.15) is 11.9 Å². The minimum Gasteiger partial charge on any atom is -0.508 e. The molecule has 0 aromatic heterocycles. The van der Waals surface area contributed by atoms with Crippen LogP contribution >= 0.6 is 0 Å². The molecule has 15 heteroatoms. The van der Waals surface area contributed by atoms with Crippen molar-refractivity contribution in [3.8, 4) is 5.75 Å². The Labute approximate surface area is 278 Å². The van der Waals surface area contributed by atoms with E-state index in [9.17, 15) is 58.5 Å². The Morgan fingerprint density at radius 1 is 0.857 bits per heavy atom. The van der Waals surface area contributed by atoms with Crippen molar-refractivity contribution >= 4 is 0 Å². The van der Waals surface area contributed by atoms with Crippen molar-refractivity contribution in [2.75, 3.05) is 20.1 Å². The van der Waals surface area contributed by atoms with Gasteiger partial charge in [-0.05, 0) is 137 Å². The molecule has 3 aliphatic carbocycles. The topological polar surface area (TPSA) is 43.7 Å². The Morgan fingerprint density at radius 2 is 1.51 bits per heavy atom. The van der Waals surface area contributed by atoms with Crippen LogP contribution in [0.3, 0.4) is 0 Å². The molecule has 2 N–H and O–H groups in total. The van der Waals surface area contributed by atoms with Gasteiger partial charge in [-0.25, -0.2) is 4.39 Å². The average molecular weight is 728 g/mol. The minimum atomic E-state index is -7.38. The quantitative estimate of drug-likeness (QED) is 0.140. The minimum absolute atomic E-state index is 0.0205. The van der Waals surface area contributed by atoms with Crippen molar-refractivity contribution in [2.24, 2.45) is 23.2 Å². The van der Waals surface area contributed by atoms with E-state index in [1.807, 2.05) is 6.07 Å². The maximum atomic E-state index is 15.5. The Hall–Kier alpha value is -1.90. The van der Waals surface area contributed by atoms with E-state index in [1.165, 1.54) is 5.56 Å². The van der Waals surface area contributed by atoms with E-state index in [4.69, 9.17) is 0 Å². The summed E-state index contributed by atoms with van der Waals surface area (Å²) in [4.78, 5) is 1.74. The van der Waals surface area contributed by atoms with E-state index in [2.05, 4.69) is 6.92 Å². The molecule has 0 aliphatic heterocycles. The summed E-state index contributed by atoms with van der Waals surface area (Å²) in [5, 5.41) is 20.9. The Balaban J connectivity index is 1.23. The third kappa shape index (κ3) is 7.53. The molecule has 1 unspecified atom stereocenters. The maximum absolute atomic E-state index is 15.5. The molecule has 0 radical (unpaired) electrons. The summed E-state index contributed by atoms with van der Waals surface area (Å²) in [5.74, 6) is -26.7. The lowest BCUT2D eigenvalue weighted by Gasteiger charge is -2.53. The smallest absolute Gasteiger partial charge is 0.460 e. The molecule has 1 aromatic carbocycles. The molecule has 7 atom stereocenters. The molecule has 2 saturated carbocycles. The first kappa shape index (κ1) is 39.9. The second kappa shape index (κ2) is 14.3. The van der Waals surface area contributed by atoms with Gasteiger partial charge in [-0.15, -0.1) is 0 Å². The molecule has 4 rings (SSSR count). The van der Waals surface area contributed by atoms with E-state index in [0.717, 1.165) is 31.2 Å². The predicted molar refractivity (Wildman–Crippen MR) is 158 cm³/mol. The number of hydrogen-bond acceptors (Lipinski definition) is 3. The summed E-state index contributed by atoms with van der Waals surface area (Å²) in [7, 11) is 1.65. The number of unbranched alkanes of at least 4 members (excludes halogenated alkanes) is 2. The SMILES string of the molecule is CN(CCCCCC(F)(F)C(F)(F)C(F)(F)C(F)(F)C(F)(F)F)CCCC(F)C[C@@H]1Cc2cc(O)ccc2[C@H]2CC[C@]3(C)[C@@H](O)CC[C@H]3[C@H]12. The fourth-order valence-electron chi connectivity index (χ4n) is 8.79. The van der Waals surface area contributed by atoms with E-state index in [1.54, 1.807) is 24.1 Å². The van der Waals surface area contributed by atoms with Crippen LogP contribution in [0.2, 0.25) is 0 Å². The van der Waals surface area contributed by atoms with Crippen molar-refractivity contribution in [1.82, 2.24) is 4.90 Å². The number of rotatable bonds is 15. The van der Waals surface area contributed by atoms with Crippen molar-refractivity contribution in [3.63, 3.8) is 0 Å². The first-order valence-corrected chi connectivity index (χ1v) is 16.9. The first-order valence-electron chi connectivity index (χ1n) is 16.9. The first-order chi connectivity index (χ1) is 22.5. The number of hydrogen-bond donors (Lipinski definition) is 2. The summed E-state index contributed by atoms with van der Waals surface area (Å²) < 4.78 is 160. The second-order valence-electron chi connectivity index (χ2n) is 14.8. The van der Waals surface area contributed by atoms with E-state index in [0.29, 0.717) is 25.8 Å². The zero-order chi connectivity index (χ0) is 36.8. The summed E-state index contributed by atoms with van der Waals surface area (Å²) in [6, 6.07) is 5.41. The standard InChI is InChI=1S/C34H45F12NO2/c1-29-14-12-25-24-9-8-23(48)19-20(24)17-21(28(25)26(29)10-11-27(29)49)18-22(35)7-6-16-47(2)15-5-3-4-13-30(36,37)31(38,39)32(40,41)33(42,43)34(44,45)46/h8-9,19,21-22,25-28,48-49H,3-7,10-18H2,1-2H3/t21-,22?,25+,26-,27-,28+,29-/m0/s1. The monoisotopic (exact) mass is 727 g/mol. The highest BCUT2D eigenvalue weighted by Gasteiger charge is 2.86. The molecule has 0 heterocycles. The third-order valence-electron chi connectivity index (χ3n) is 11.6. The van der Waals surface area contributed by atoms with Crippen LogP contribution in [0.15, 0.2) is 18.2 Å². The molecule has 0 bridgehead atoms. The lowest BCUT2D eigenvalue weighted by molar-refractivity contribution is -0.422. The van der Waals surface area contributed by atoms with E-state index >= 15 is 4.39 Å². The van der Waals surface area contributed by atoms with Crippen LogP contribution in [-0.2, 0) is 6.42 Å². The molecule has 2 fully saturated rings. The van der Waals surface area contributed by atoms with Gasteiger partial charge in [0.15, 0.2) is 0 Å². The zero-order valence-corrected chi connectivity index (χ0v) is 27.5.